The number of benzene rings is 1. The molecule has 0 radical (unpaired) electrons. The second-order valence-corrected chi connectivity index (χ2v) is 10.8. The Labute approximate surface area is 123 Å². The maximum absolute atomic E-state index is 10.8. The van der Waals surface area contributed by atoms with Gasteiger partial charge in [0.2, 0.25) is 0 Å². The number of esters is 1. The monoisotopic (exact) mass is 300 g/mol. The Bertz CT molecular complexity index is 366. The molecule has 4 heteroatoms. The van der Waals surface area contributed by atoms with Crippen molar-refractivity contribution >= 4 is 13.2 Å². The molecule has 1 aromatic carbocycles. The van der Waals surface area contributed by atoms with Crippen LogP contribution < -0.4 is 0 Å². The topological polar surface area (TPSA) is 46.5 Å². The Kier molecular flexibility index (Phi) is 9.24. The van der Waals surface area contributed by atoms with Crippen molar-refractivity contribution in [1.29, 1.82) is 0 Å². The standard InChI is InChI=1S/C8H8O3.C8H21P/c1-11-8(10)6-2-4-7(9)5-3-6;1-5-9(6-2,7-3)8-4/h2-5,9H,1H3;9H,5-8H2,1-4H3. The fourth-order valence-electron chi connectivity index (χ4n) is 2.22. The second kappa shape index (κ2) is 9.77. The van der Waals surface area contributed by atoms with Crippen LogP contribution in [0.5, 0.6) is 5.75 Å². The predicted molar refractivity (Wildman–Crippen MR) is 89.9 cm³/mol. The average Bonchev–Trinajstić information content (AvgIpc) is 2.51. The quantitative estimate of drug-likeness (QED) is 0.660. The predicted octanol–water partition coefficient (Wildman–Crippen LogP) is 3.99. The Morgan fingerprint density at radius 3 is 1.65 bits per heavy atom. The van der Waals surface area contributed by atoms with Gasteiger partial charge in [-0.1, -0.05) is 0 Å². The Hall–Kier alpha value is -1.08. The fraction of sp³-hybridized carbons (Fsp3) is 0.562. The summed E-state index contributed by atoms with van der Waals surface area (Å²) >= 11 is 0. The minimum Gasteiger partial charge on any atom is -0.508 e. The molecule has 20 heavy (non-hydrogen) atoms. The molecule has 0 aliphatic carbocycles. The third-order valence-corrected chi connectivity index (χ3v) is 10.3. The third kappa shape index (κ3) is 5.92. The zero-order valence-corrected chi connectivity index (χ0v) is 14.4. The summed E-state index contributed by atoms with van der Waals surface area (Å²) in [4.78, 5) is 10.8. The van der Waals surface area contributed by atoms with Gasteiger partial charge in [-0.25, -0.2) is 4.79 Å². The summed E-state index contributed by atoms with van der Waals surface area (Å²) in [5.74, 6) is -0.261. The van der Waals surface area contributed by atoms with Crippen LogP contribution >= 0.6 is 7.26 Å². The normalized spacial score (nSPS) is 11.2. The van der Waals surface area contributed by atoms with E-state index in [1.165, 1.54) is 56.0 Å². The smallest absolute Gasteiger partial charge is 0.337 e. The van der Waals surface area contributed by atoms with Crippen molar-refractivity contribution < 1.29 is 14.6 Å². The molecule has 0 unspecified atom stereocenters. The van der Waals surface area contributed by atoms with Crippen LogP contribution in [0.4, 0.5) is 0 Å². The molecule has 0 amide bonds. The maximum atomic E-state index is 10.8. The van der Waals surface area contributed by atoms with E-state index in [1.807, 2.05) is 0 Å². The van der Waals surface area contributed by atoms with Crippen LogP contribution in [-0.2, 0) is 4.74 Å². The van der Waals surface area contributed by atoms with Gasteiger partial charge in [0.1, 0.15) is 5.75 Å². The van der Waals surface area contributed by atoms with Gasteiger partial charge in [0.25, 0.3) is 0 Å². The first-order valence-electron chi connectivity index (χ1n) is 7.35. The number of ether oxygens (including phenoxy) is 1. The van der Waals surface area contributed by atoms with Crippen molar-refractivity contribution in [2.45, 2.75) is 27.7 Å². The molecular weight excluding hydrogens is 271 g/mol. The number of aromatic hydroxyl groups is 1. The average molecular weight is 300 g/mol. The molecule has 1 N–H and O–H groups in total. The van der Waals surface area contributed by atoms with E-state index in [-0.39, 0.29) is 5.75 Å². The Morgan fingerprint density at radius 2 is 1.40 bits per heavy atom. The van der Waals surface area contributed by atoms with Crippen molar-refractivity contribution in [2.75, 3.05) is 31.8 Å². The minimum absolute atomic E-state index is 0.137. The van der Waals surface area contributed by atoms with E-state index >= 15 is 0 Å². The molecule has 1 aromatic rings. The van der Waals surface area contributed by atoms with Gasteiger partial charge in [-0.15, -0.1) is 0 Å². The summed E-state index contributed by atoms with van der Waals surface area (Å²) in [5, 5.41) is 8.86. The van der Waals surface area contributed by atoms with E-state index in [0.29, 0.717) is 5.56 Å². The number of phenolic OH excluding ortho intramolecular Hbond substituents is 1. The number of phenols is 1. The van der Waals surface area contributed by atoms with Crippen LogP contribution in [0, 0.1) is 0 Å². The van der Waals surface area contributed by atoms with Crippen LogP contribution in [-0.4, -0.2) is 42.8 Å². The van der Waals surface area contributed by atoms with E-state index in [0.717, 1.165) is 0 Å². The molecule has 0 atom stereocenters. The van der Waals surface area contributed by atoms with E-state index in [9.17, 15) is 4.79 Å². The van der Waals surface area contributed by atoms with Gasteiger partial charge in [0.05, 0.1) is 12.7 Å². The molecule has 0 saturated carbocycles. The molecule has 1 rings (SSSR count). The zero-order valence-electron chi connectivity index (χ0n) is 13.4. The summed E-state index contributed by atoms with van der Waals surface area (Å²) in [6, 6.07) is 5.88. The maximum Gasteiger partial charge on any atom is 0.337 e. The summed E-state index contributed by atoms with van der Waals surface area (Å²) in [6.45, 7) is 9.46. The van der Waals surface area contributed by atoms with E-state index in [2.05, 4.69) is 32.4 Å². The first-order chi connectivity index (χ1) is 9.48. The van der Waals surface area contributed by atoms with Gasteiger partial charge in [-0.05, 0) is 24.3 Å². The fourth-order valence-corrected chi connectivity index (χ4v) is 5.22. The number of hydrogen-bond donors (Lipinski definition) is 1. The number of rotatable bonds is 5. The van der Waals surface area contributed by atoms with Crippen LogP contribution in [0.2, 0.25) is 0 Å². The summed E-state index contributed by atoms with van der Waals surface area (Å²) in [7, 11) is 0.623. The summed E-state index contributed by atoms with van der Waals surface area (Å²) < 4.78 is 4.46. The van der Waals surface area contributed by atoms with Crippen LogP contribution in [0.1, 0.15) is 38.1 Å². The SMILES string of the molecule is CC[PH](CC)(CC)CC.COC(=O)c1ccc(O)cc1. The first kappa shape index (κ1) is 18.9. The van der Waals surface area contributed by atoms with Gasteiger partial charge < -0.3 is 9.84 Å². The Balaban J connectivity index is 0.000000370. The molecule has 0 aliphatic rings. The van der Waals surface area contributed by atoms with Crippen LogP contribution in [0.3, 0.4) is 0 Å². The van der Waals surface area contributed by atoms with E-state index in [1.54, 1.807) is 0 Å². The van der Waals surface area contributed by atoms with E-state index < -0.39 is 13.2 Å². The number of hydrogen-bond acceptors (Lipinski definition) is 3. The van der Waals surface area contributed by atoms with Crippen molar-refractivity contribution in [3.05, 3.63) is 29.8 Å². The molecule has 0 aromatic heterocycles. The molecule has 3 nitrogen and oxygen atoms in total. The minimum atomic E-state index is -0.691. The second-order valence-electron chi connectivity index (χ2n) is 4.95. The van der Waals surface area contributed by atoms with Crippen molar-refractivity contribution in [3.8, 4) is 5.75 Å². The largest absolute Gasteiger partial charge is 0.508 e. The third-order valence-electron chi connectivity index (χ3n) is 4.29. The first-order valence-corrected chi connectivity index (χ1v) is 10.2. The number of carbonyl (C=O) groups is 1. The summed E-state index contributed by atoms with van der Waals surface area (Å²) in [6.07, 6.45) is 5.93. The van der Waals surface area contributed by atoms with Crippen molar-refractivity contribution in [3.63, 3.8) is 0 Å². The molecular formula is C16H29O3P. The van der Waals surface area contributed by atoms with Gasteiger partial charge in [-0.3, -0.25) is 0 Å². The molecule has 0 heterocycles. The zero-order chi connectivity index (χ0) is 15.6. The number of methoxy groups -OCH3 is 1. The van der Waals surface area contributed by atoms with Gasteiger partial charge >= 0.3 is 65.6 Å². The summed E-state index contributed by atoms with van der Waals surface area (Å²) in [5.41, 5.74) is 0.435. The number of carbonyl (C=O) groups excluding carboxylic acids is 1. The van der Waals surface area contributed by atoms with Crippen molar-refractivity contribution in [1.82, 2.24) is 0 Å². The molecule has 0 saturated heterocycles. The molecule has 116 valence electrons. The Morgan fingerprint density at radius 1 is 1.00 bits per heavy atom. The van der Waals surface area contributed by atoms with Gasteiger partial charge in [-0.2, -0.15) is 0 Å². The molecule has 0 fully saturated rings. The molecule has 0 spiro atoms. The van der Waals surface area contributed by atoms with Crippen LogP contribution in [0.25, 0.3) is 0 Å². The molecule has 0 aliphatic heterocycles. The molecule has 0 bridgehead atoms. The van der Waals surface area contributed by atoms with Crippen LogP contribution in [0.15, 0.2) is 24.3 Å². The van der Waals surface area contributed by atoms with Crippen molar-refractivity contribution in [2.24, 2.45) is 0 Å². The van der Waals surface area contributed by atoms with Gasteiger partial charge in [0.15, 0.2) is 0 Å². The van der Waals surface area contributed by atoms with Gasteiger partial charge in [0, 0.05) is 0 Å². The van der Waals surface area contributed by atoms with E-state index in [4.69, 9.17) is 5.11 Å².